The Morgan fingerprint density at radius 2 is 2.10 bits per heavy atom. The minimum atomic E-state index is -1.02. The molecule has 1 unspecified atom stereocenters. The van der Waals surface area contributed by atoms with Crippen LogP contribution in [0.5, 0.6) is 5.75 Å². The van der Waals surface area contributed by atoms with Crippen LogP contribution in [-0.4, -0.2) is 52.2 Å². The Bertz CT molecular complexity index is 821. The molecule has 1 aliphatic heterocycles. The molecule has 0 radical (unpaired) electrons. The molecule has 1 saturated heterocycles. The minimum absolute atomic E-state index is 0.0320. The van der Waals surface area contributed by atoms with Crippen molar-refractivity contribution in [2.24, 2.45) is 11.8 Å². The standard InChI is InChI=1S/C24H34N2O4/c1-15-21-12-18-7-8-19(27)13-20(18)24(15,10-11-26(21)14-17-5-6-17)9-3-4-22(28)25-16(2)23(29)30/h7-8,13,15-17,21,27H,3-6,9-12,14H2,1-2H3,(H,25,28)(H,29,30)/t15-,16?,21+,24+/m0/s1. The Kier molecular flexibility index (Phi) is 5.80. The monoisotopic (exact) mass is 414 g/mol. The number of piperidine rings is 1. The normalized spacial score (nSPS) is 29.1. The number of carboxylic acid groups (broad SMARTS) is 1. The average molecular weight is 415 g/mol. The second-order valence-electron chi connectivity index (χ2n) is 9.73. The number of nitrogens with zero attached hydrogens (tertiary/aromatic N) is 1. The van der Waals surface area contributed by atoms with Crippen molar-refractivity contribution in [2.75, 3.05) is 13.1 Å². The van der Waals surface area contributed by atoms with Gasteiger partial charge in [-0.25, -0.2) is 0 Å². The largest absolute Gasteiger partial charge is 0.508 e. The van der Waals surface area contributed by atoms with Gasteiger partial charge in [0, 0.05) is 24.4 Å². The number of fused-ring (bicyclic) bond motifs is 4. The molecule has 3 N–H and O–H groups in total. The van der Waals surface area contributed by atoms with Crippen LogP contribution < -0.4 is 5.32 Å². The Labute approximate surface area is 178 Å². The first-order valence-corrected chi connectivity index (χ1v) is 11.4. The second kappa shape index (κ2) is 8.22. The predicted molar refractivity (Wildman–Crippen MR) is 114 cm³/mol. The summed E-state index contributed by atoms with van der Waals surface area (Å²) in [6, 6.07) is 5.48. The molecule has 0 aromatic heterocycles. The third kappa shape index (κ3) is 4.07. The molecular formula is C24H34N2O4. The van der Waals surface area contributed by atoms with E-state index in [9.17, 15) is 14.7 Å². The highest BCUT2D eigenvalue weighted by molar-refractivity contribution is 5.83. The summed E-state index contributed by atoms with van der Waals surface area (Å²) in [7, 11) is 0. The number of benzene rings is 1. The van der Waals surface area contributed by atoms with Crippen molar-refractivity contribution in [3.8, 4) is 5.75 Å². The Morgan fingerprint density at radius 1 is 1.33 bits per heavy atom. The van der Waals surface area contributed by atoms with Crippen molar-refractivity contribution in [3.63, 3.8) is 0 Å². The Morgan fingerprint density at radius 3 is 2.80 bits per heavy atom. The number of hydrogen-bond donors (Lipinski definition) is 3. The number of nitrogens with one attached hydrogen (secondary N) is 1. The van der Waals surface area contributed by atoms with E-state index in [1.807, 2.05) is 6.07 Å². The molecule has 1 aromatic rings. The summed E-state index contributed by atoms with van der Waals surface area (Å²) < 4.78 is 0. The van der Waals surface area contributed by atoms with Crippen molar-refractivity contribution >= 4 is 11.9 Å². The fourth-order valence-corrected chi connectivity index (χ4v) is 5.82. The highest BCUT2D eigenvalue weighted by Gasteiger charge is 2.51. The van der Waals surface area contributed by atoms with Gasteiger partial charge in [0.05, 0.1) is 0 Å². The minimum Gasteiger partial charge on any atom is -0.508 e. The summed E-state index contributed by atoms with van der Waals surface area (Å²) in [5.74, 6) is 0.417. The summed E-state index contributed by atoms with van der Waals surface area (Å²) in [4.78, 5) is 25.9. The Hall–Kier alpha value is -2.08. The van der Waals surface area contributed by atoms with Crippen LogP contribution in [0.2, 0.25) is 0 Å². The summed E-state index contributed by atoms with van der Waals surface area (Å²) in [6.45, 7) is 6.11. The van der Waals surface area contributed by atoms with Gasteiger partial charge in [-0.2, -0.15) is 0 Å². The molecule has 4 rings (SSSR count). The van der Waals surface area contributed by atoms with Gasteiger partial charge in [0.2, 0.25) is 5.91 Å². The van der Waals surface area contributed by atoms with Gasteiger partial charge in [0.1, 0.15) is 11.8 Å². The Balaban J connectivity index is 1.51. The SMILES string of the molecule is CC(NC(=O)CCC[C@]12CCN(CC3CC3)[C@H](Cc3ccc(O)cc31)[C@@H]2C)C(=O)O. The fraction of sp³-hybridized carbons (Fsp3) is 0.667. The van der Waals surface area contributed by atoms with Gasteiger partial charge in [0.15, 0.2) is 0 Å². The molecule has 30 heavy (non-hydrogen) atoms. The second-order valence-corrected chi connectivity index (χ2v) is 9.73. The molecule has 1 aromatic carbocycles. The zero-order chi connectivity index (χ0) is 21.5. The van der Waals surface area contributed by atoms with E-state index in [4.69, 9.17) is 5.11 Å². The molecule has 1 saturated carbocycles. The lowest BCUT2D eigenvalue weighted by molar-refractivity contribution is -0.141. The van der Waals surface area contributed by atoms with Gasteiger partial charge in [0.25, 0.3) is 0 Å². The van der Waals surface area contributed by atoms with E-state index < -0.39 is 12.0 Å². The first-order valence-electron chi connectivity index (χ1n) is 11.4. The summed E-state index contributed by atoms with van der Waals surface area (Å²) in [5.41, 5.74) is 2.56. The molecule has 1 heterocycles. The lowest BCUT2D eigenvalue weighted by Gasteiger charge is -2.56. The number of aliphatic carboxylic acids is 1. The van der Waals surface area contributed by atoms with Crippen LogP contribution in [0.3, 0.4) is 0 Å². The fourth-order valence-electron chi connectivity index (χ4n) is 5.82. The maximum atomic E-state index is 12.2. The molecule has 6 heteroatoms. The number of rotatable bonds is 8. The van der Waals surface area contributed by atoms with E-state index in [-0.39, 0.29) is 11.3 Å². The number of aromatic hydroxyl groups is 1. The highest BCUT2D eigenvalue weighted by atomic mass is 16.4. The first kappa shape index (κ1) is 21.2. The number of carbonyl (C=O) groups is 2. The van der Waals surface area contributed by atoms with Gasteiger partial charge >= 0.3 is 5.97 Å². The van der Waals surface area contributed by atoms with Crippen molar-refractivity contribution in [1.29, 1.82) is 0 Å². The number of carboxylic acids is 1. The maximum Gasteiger partial charge on any atom is 0.325 e. The van der Waals surface area contributed by atoms with Crippen LogP contribution in [0.4, 0.5) is 0 Å². The van der Waals surface area contributed by atoms with Crippen LogP contribution in [-0.2, 0) is 21.4 Å². The molecular weight excluding hydrogens is 380 g/mol. The van der Waals surface area contributed by atoms with Gasteiger partial charge in [-0.3, -0.25) is 14.5 Å². The van der Waals surface area contributed by atoms with Crippen LogP contribution in [0.25, 0.3) is 0 Å². The maximum absolute atomic E-state index is 12.2. The number of likely N-dealkylation sites (tertiary alicyclic amines) is 1. The van der Waals surface area contributed by atoms with E-state index >= 15 is 0 Å². The molecule has 0 spiro atoms. The van der Waals surface area contributed by atoms with Crippen LogP contribution in [0.1, 0.15) is 63.5 Å². The number of amides is 1. The zero-order valence-electron chi connectivity index (χ0n) is 18.1. The topological polar surface area (TPSA) is 89.9 Å². The van der Waals surface area contributed by atoms with Gasteiger partial charge in [-0.1, -0.05) is 13.0 Å². The molecule has 2 fully saturated rings. The molecule has 164 valence electrons. The molecule has 3 aliphatic rings. The van der Waals surface area contributed by atoms with Crippen LogP contribution in [0.15, 0.2) is 18.2 Å². The first-order chi connectivity index (χ1) is 14.3. The number of hydrogen-bond acceptors (Lipinski definition) is 4. The van der Waals surface area contributed by atoms with Gasteiger partial charge in [-0.15, -0.1) is 0 Å². The quantitative estimate of drug-likeness (QED) is 0.608. The van der Waals surface area contributed by atoms with E-state index in [1.54, 1.807) is 6.07 Å². The predicted octanol–water partition coefficient (Wildman–Crippen LogP) is 3.07. The third-order valence-corrected chi connectivity index (χ3v) is 7.79. The molecule has 1 amide bonds. The van der Waals surface area contributed by atoms with Gasteiger partial charge in [-0.05, 0) is 87.1 Å². The van der Waals surface area contributed by atoms with E-state index in [2.05, 4.69) is 23.2 Å². The van der Waals surface area contributed by atoms with Gasteiger partial charge < -0.3 is 15.5 Å². The molecule has 2 aliphatic carbocycles. The lowest BCUT2D eigenvalue weighted by atomic mass is 9.56. The molecule has 4 atom stereocenters. The van der Waals surface area contributed by atoms with Crippen molar-refractivity contribution < 1.29 is 19.8 Å². The summed E-state index contributed by atoms with van der Waals surface area (Å²) in [5, 5.41) is 21.8. The highest BCUT2D eigenvalue weighted by Crippen LogP contribution is 2.52. The smallest absolute Gasteiger partial charge is 0.325 e. The summed E-state index contributed by atoms with van der Waals surface area (Å²) in [6.07, 6.45) is 6.72. The van der Waals surface area contributed by atoms with Crippen molar-refractivity contribution in [2.45, 2.75) is 76.3 Å². The molecule has 6 nitrogen and oxygen atoms in total. The van der Waals surface area contributed by atoms with E-state index in [0.717, 1.165) is 31.7 Å². The van der Waals surface area contributed by atoms with Crippen LogP contribution in [0, 0.1) is 11.8 Å². The number of carbonyl (C=O) groups excluding carboxylic acids is 1. The number of phenols is 1. The molecule has 2 bridgehead atoms. The lowest BCUT2D eigenvalue weighted by Crippen LogP contribution is -2.59. The zero-order valence-corrected chi connectivity index (χ0v) is 18.1. The number of phenolic OH excluding ortho intramolecular Hbond substituents is 1. The third-order valence-electron chi connectivity index (χ3n) is 7.79. The van der Waals surface area contributed by atoms with E-state index in [1.165, 1.54) is 37.4 Å². The summed E-state index contributed by atoms with van der Waals surface area (Å²) >= 11 is 0. The average Bonchev–Trinajstić information content (AvgIpc) is 3.50. The van der Waals surface area contributed by atoms with Crippen molar-refractivity contribution in [1.82, 2.24) is 10.2 Å². The van der Waals surface area contributed by atoms with Crippen LogP contribution >= 0.6 is 0 Å². The van der Waals surface area contributed by atoms with Crippen molar-refractivity contribution in [3.05, 3.63) is 29.3 Å². The van der Waals surface area contributed by atoms with E-state index in [0.29, 0.717) is 30.6 Å².